The molecule has 1 amide bonds. The molecular formula is C18H17FN4O2S2. The quantitative estimate of drug-likeness (QED) is 0.563. The second-order valence-corrected chi connectivity index (χ2v) is 8.05. The minimum atomic E-state index is -0.407. The van der Waals surface area contributed by atoms with Gasteiger partial charge in [-0.25, -0.2) is 4.39 Å². The van der Waals surface area contributed by atoms with Crippen LogP contribution >= 0.6 is 23.1 Å². The van der Waals surface area contributed by atoms with Gasteiger partial charge in [0.15, 0.2) is 4.34 Å². The molecule has 1 heterocycles. The summed E-state index contributed by atoms with van der Waals surface area (Å²) in [5.41, 5.74) is 1.28. The van der Waals surface area contributed by atoms with Crippen LogP contribution in [0, 0.1) is 5.82 Å². The average Bonchev–Trinajstić information content (AvgIpc) is 3.09. The van der Waals surface area contributed by atoms with Crippen LogP contribution < -0.4 is 15.4 Å². The highest BCUT2D eigenvalue weighted by molar-refractivity contribution is 8.02. The molecule has 2 aromatic carbocycles. The number of aromatic nitrogens is 2. The molecular weight excluding hydrogens is 387 g/mol. The smallest absolute Gasteiger partial charge is 0.237 e. The number of carbonyl (C=O) groups excluding carboxylic acids is 1. The predicted octanol–water partition coefficient (Wildman–Crippen LogP) is 4.55. The van der Waals surface area contributed by atoms with E-state index in [0.29, 0.717) is 15.2 Å². The van der Waals surface area contributed by atoms with Gasteiger partial charge >= 0.3 is 0 Å². The van der Waals surface area contributed by atoms with E-state index in [-0.39, 0.29) is 5.91 Å². The molecule has 3 rings (SSSR count). The molecule has 0 aliphatic heterocycles. The molecule has 0 saturated carbocycles. The van der Waals surface area contributed by atoms with Crippen LogP contribution in [0.1, 0.15) is 6.92 Å². The summed E-state index contributed by atoms with van der Waals surface area (Å²) in [4.78, 5) is 12.3. The number of hydrogen-bond donors (Lipinski definition) is 2. The topological polar surface area (TPSA) is 76.1 Å². The summed E-state index contributed by atoms with van der Waals surface area (Å²) in [6.45, 7) is 1.76. The van der Waals surface area contributed by atoms with Crippen LogP contribution in [-0.2, 0) is 4.79 Å². The lowest BCUT2D eigenvalue weighted by atomic mass is 10.3. The number of thioether (sulfide) groups is 1. The van der Waals surface area contributed by atoms with Crippen molar-refractivity contribution in [3.8, 4) is 5.75 Å². The third-order valence-electron chi connectivity index (χ3n) is 3.49. The van der Waals surface area contributed by atoms with E-state index in [0.717, 1.165) is 11.4 Å². The second-order valence-electron chi connectivity index (χ2n) is 5.49. The summed E-state index contributed by atoms with van der Waals surface area (Å²) in [5, 5.41) is 14.2. The van der Waals surface area contributed by atoms with E-state index >= 15 is 0 Å². The van der Waals surface area contributed by atoms with Crippen molar-refractivity contribution in [3.63, 3.8) is 0 Å². The Balaban J connectivity index is 1.56. The van der Waals surface area contributed by atoms with Crippen LogP contribution in [0.5, 0.6) is 5.75 Å². The summed E-state index contributed by atoms with van der Waals surface area (Å²) >= 11 is 2.64. The lowest BCUT2D eigenvalue weighted by molar-refractivity contribution is -0.115. The van der Waals surface area contributed by atoms with Crippen LogP contribution in [0.25, 0.3) is 0 Å². The van der Waals surface area contributed by atoms with Crippen molar-refractivity contribution >= 4 is 45.5 Å². The number of rotatable bonds is 7. The standard InChI is InChI=1S/C18H17FN4O2S2/c1-11(16(24)20-14-5-3-4-12(19)10-14)26-18-23-22-17(27-18)21-13-6-8-15(25-2)9-7-13/h3-11H,1-2H3,(H,20,24)(H,21,22)/t11-/m1/s1. The largest absolute Gasteiger partial charge is 0.497 e. The third-order valence-corrected chi connectivity index (χ3v) is 5.51. The van der Waals surface area contributed by atoms with Crippen LogP contribution in [0.15, 0.2) is 52.9 Å². The second kappa shape index (κ2) is 8.83. The first-order valence-electron chi connectivity index (χ1n) is 8.01. The molecule has 3 aromatic rings. The fourth-order valence-electron chi connectivity index (χ4n) is 2.12. The molecule has 1 atom stereocenters. The minimum absolute atomic E-state index is 0.231. The Bertz CT molecular complexity index is 918. The fourth-order valence-corrected chi connectivity index (χ4v) is 4.04. The monoisotopic (exact) mass is 404 g/mol. The van der Waals surface area contributed by atoms with E-state index in [1.165, 1.54) is 35.2 Å². The van der Waals surface area contributed by atoms with Crippen molar-refractivity contribution in [2.75, 3.05) is 17.7 Å². The molecule has 2 N–H and O–H groups in total. The van der Waals surface area contributed by atoms with Gasteiger partial charge in [-0.3, -0.25) is 4.79 Å². The Morgan fingerprint density at radius 2 is 1.96 bits per heavy atom. The van der Waals surface area contributed by atoms with Crippen LogP contribution in [0.3, 0.4) is 0 Å². The fraction of sp³-hybridized carbons (Fsp3) is 0.167. The van der Waals surface area contributed by atoms with Crippen molar-refractivity contribution in [1.29, 1.82) is 0 Å². The van der Waals surface area contributed by atoms with E-state index in [1.807, 2.05) is 24.3 Å². The number of hydrogen-bond acceptors (Lipinski definition) is 7. The third kappa shape index (κ3) is 5.41. The molecule has 0 fully saturated rings. The maximum Gasteiger partial charge on any atom is 0.237 e. The Kier molecular flexibility index (Phi) is 6.25. The number of anilines is 3. The molecule has 0 unspecified atom stereocenters. The van der Waals surface area contributed by atoms with Gasteiger partial charge in [0.1, 0.15) is 11.6 Å². The Morgan fingerprint density at radius 3 is 2.67 bits per heavy atom. The van der Waals surface area contributed by atoms with E-state index in [1.54, 1.807) is 26.2 Å². The molecule has 0 spiro atoms. The molecule has 9 heteroatoms. The number of amides is 1. The van der Waals surface area contributed by atoms with E-state index < -0.39 is 11.1 Å². The van der Waals surface area contributed by atoms with Gasteiger partial charge in [0.2, 0.25) is 11.0 Å². The van der Waals surface area contributed by atoms with Gasteiger partial charge in [-0.15, -0.1) is 10.2 Å². The minimum Gasteiger partial charge on any atom is -0.497 e. The number of nitrogens with zero attached hydrogens (tertiary/aromatic N) is 2. The maximum atomic E-state index is 13.2. The van der Waals surface area contributed by atoms with E-state index in [2.05, 4.69) is 20.8 Å². The number of halogens is 1. The average molecular weight is 404 g/mol. The normalized spacial score (nSPS) is 11.7. The lowest BCUT2D eigenvalue weighted by Gasteiger charge is -2.10. The van der Waals surface area contributed by atoms with Crippen LogP contribution in [-0.4, -0.2) is 28.5 Å². The molecule has 0 bridgehead atoms. The first-order valence-corrected chi connectivity index (χ1v) is 9.71. The van der Waals surface area contributed by atoms with Gasteiger partial charge in [-0.2, -0.15) is 0 Å². The summed E-state index contributed by atoms with van der Waals surface area (Å²) < 4.78 is 19.0. The summed E-state index contributed by atoms with van der Waals surface area (Å²) in [7, 11) is 1.61. The number of ether oxygens (including phenoxy) is 1. The molecule has 0 aliphatic carbocycles. The highest BCUT2D eigenvalue weighted by Crippen LogP contribution is 2.31. The number of carbonyl (C=O) groups is 1. The van der Waals surface area contributed by atoms with Crippen LogP contribution in [0.2, 0.25) is 0 Å². The highest BCUT2D eigenvalue weighted by atomic mass is 32.2. The summed E-state index contributed by atoms with van der Waals surface area (Å²) in [6, 6.07) is 13.2. The number of benzene rings is 2. The first kappa shape index (κ1) is 19.1. The van der Waals surface area contributed by atoms with Crippen molar-refractivity contribution in [3.05, 3.63) is 54.3 Å². The molecule has 0 radical (unpaired) electrons. The number of methoxy groups -OCH3 is 1. The Hall–Kier alpha value is -2.65. The summed E-state index contributed by atoms with van der Waals surface area (Å²) in [6.07, 6.45) is 0. The van der Waals surface area contributed by atoms with Crippen molar-refractivity contribution in [2.45, 2.75) is 16.5 Å². The molecule has 0 saturated heterocycles. The SMILES string of the molecule is COc1ccc(Nc2nnc(S[C@H](C)C(=O)Nc3cccc(F)c3)s2)cc1. The lowest BCUT2D eigenvalue weighted by Crippen LogP contribution is -2.22. The van der Waals surface area contributed by atoms with Crippen LogP contribution in [0.4, 0.5) is 20.9 Å². The maximum absolute atomic E-state index is 13.2. The zero-order valence-electron chi connectivity index (χ0n) is 14.6. The zero-order chi connectivity index (χ0) is 19.2. The van der Waals surface area contributed by atoms with Gasteiger partial charge in [0.25, 0.3) is 0 Å². The number of nitrogens with one attached hydrogen (secondary N) is 2. The molecule has 140 valence electrons. The Morgan fingerprint density at radius 1 is 1.19 bits per heavy atom. The van der Waals surface area contributed by atoms with Gasteiger partial charge in [-0.05, 0) is 49.4 Å². The molecule has 0 aliphatic rings. The van der Waals surface area contributed by atoms with Crippen molar-refractivity contribution in [1.82, 2.24) is 10.2 Å². The van der Waals surface area contributed by atoms with Gasteiger partial charge < -0.3 is 15.4 Å². The summed E-state index contributed by atoms with van der Waals surface area (Å²) in [5.74, 6) is 0.143. The van der Waals surface area contributed by atoms with E-state index in [4.69, 9.17) is 4.74 Å². The predicted molar refractivity (Wildman–Crippen MR) is 107 cm³/mol. The Labute approximate surface area is 164 Å². The zero-order valence-corrected chi connectivity index (χ0v) is 16.2. The van der Waals surface area contributed by atoms with Gasteiger partial charge in [-0.1, -0.05) is 29.2 Å². The van der Waals surface area contributed by atoms with Gasteiger partial charge in [0, 0.05) is 11.4 Å². The van der Waals surface area contributed by atoms with E-state index in [9.17, 15) is 9.18 Å². The molecule has 27 heavy (non-hydrogen) atoms. The van der Waals surface area contributed by atoms with Crippen molar-refractivity contribution < 1.29 is 13.9 Å². The first-order chi connectivity index (χ1) is 13.0. The van der Waals surface area contributed by atoms with Gasteiger partial charge in [0.05, 0.1) is 12.4 Å². The van der Waals surface area contributed by atoms with Crippen molar-refractivity contribution in [2.24, 2.45) is 0 Å². The highest BCUT2D eigenvalue weighted by Gasteiger charge is 2.17. The molecule has 1 aromatic heterocycles. The molecule has 6 nitrogen and oxygen atoms in total.